The Morgan fingerprint density at radius 2 is 1.78 bits per heavy atom. The van der Waals surface area contributed by atoms with E-state index in [0.717, 1.165) is 10.2 Å². The van der Waals surface area contributed by atoms with Crippen LogP contribution in [-0.4, -0.2) is 11.7 Å². The Morgan fingerprint density at radius 1 is 1.11 bits per heavy atom. The Hall–Kier alpha value is -1.39. The third-order valence-corrected chi connectivity index (χ3v) is 3.14. The first-order chi connectivity index (χ1) is 8.66. The Labute approximate surface area is 114 Å². The zero-order valence-corrected chi connectivity index (χ0v) is 11.2. The summed E-state index contributed by atoms with van der Waals surface area (Å²) >= 11 is 3.34. The van der Waals surface area contributed by atoms with Crippen LogP contribution in [0.2, 0.25) is 0 Å². The standard InChI is InChI=1S/C14H13BrFNO/c15-10-5-7-11(8-6-10)17-9-14(18)12-3-1-2-4-13(12)16/h1-8,14,17-18H,9H2. The lowest BCUT2D eigenvalue weighted by atomic mass is 10.1. The Kier molecular flexibility index (Phi) is 4.33. The molecule has 18 heavy (non-hydrogen) atoms. The van der Waals surface area contributed by atoms with Gasteiger partial charge in [-0.25, -0.2) is 4.39 Å². The fourth-order valence-corrected chi connectivity index (χ4v) is 1.90. The molecule has 1 atom stereocenters. The van der Waals surface area contributed by atoms with Crippen molar-refractivity contribution >= 4 is 21.6 Å². The van der Waals surface area contributed by atoms with Crippen LogP contribution in [0.1, 0.15) is 11.7 Å². The summed E-state index contributed by atoms with van der Waals surface area (Å²) in [6, 6.07) is 13.8. The van der Waals surface area contributed by atoms with E-state index in [1.807, 2.05) is 24.3 Å². The van der Waals surface area contributed by atoms with Crippen LogP contribution in [0.25, 0.3) is 0 Å². The summed E-state index contributed by atoms with van der Waals surface area (Å²) in [5.74, 6) is -0.386. The predicted octanol–water partition coefficient (Wildman–Crippen LogP) is 3.73. The van der Waals surface area contributed by atoms with Crippen molar-refractivity contribution in [2.24, 2.45) is 0 Å². The molecule has 4 heteroatoms. The van der Waals surface area contributed by atoms with Gasteiger partial charge in [0.1, 0.15) is 5.82 Å². The molecule has 0 heterocycles. The Balaban J connectivity index is 1.98. The summed E-state index contributed by atoms with van der Waals surface area (Å²) in [5, 5.41) is 13.0. The van der Waals surface area contributed by atoms with Gasteiger partial charge < -0.3 is 10.4 Å². The molecule has 0 radical (unpaired) electrons. The molecule has 0 saturated carbocycles. The highest BCUT2D eigenvalue weighted by molar-refractivity contribution is 9.10. The van der Waals surface area contributed by atoms with Crippen molar-refractivity contribution in [3.8, 4) is 0 Å². The summed E-state index contributed by atoms with van der Waals surface area (Å²) in [4.78, 5) is 0. The maximum atomic E-state index is 13.4. The Bertz CT molecular complexity index is 515. The quantitative estimate of drug-likeness (QED) is 0.902. The second-order valence-corrected chi connectivity index (χ2v) is 4.84. The first kappa shape index (κ1) is 13.1. The van der Waals surface area contributed by atoms with Gasteiger partial charge in [-0.1, -0.05) is 34.1 Å². The summed E-state index contributed by atoms with van der Waals surface area (Å²) in [7, 11) is 0. The van der Waals surface area contributed by atoms with Crippen molar-refractivity contribution in [3.63, 3.8) is 0 Å². The molecule has 2 rings (SSSR count). The third-order valence-electron chi connectivity index (χ3n) is 2.61. The lowest BCUT2D eigenvalue weighted by Crippen LogP contribution is -2.13. The van der Waals surface area contributed by atoms with Gasteiger partial charge in [0.2, 0.25) is 0 Å². The number of halogens is 2. The average molecular weight is 310 g/mol. The minimum absolute atomic E-state index is 0.266. The molecule has 0 aromatic heterocycles. The molecule has 0 aliphatic carbocycles. The molecular formula is C14H13BrFNO. The largest absolute Gasteiger partial charge is 0.386 e. The molecule has 2 aromatic carbocycles. The molecule has 2 nitrogen and oxygen atoms in total. The fraction of sp³-hybridized carbons (Fsp3) is 0.143. The molecule has 0 aliphatic heterocycles. The van der Waals surface area contributed by atoms with Crippen molar-refractivity contribution in [1.29, 1.82) is 0 Å². The molecule has 0 amide bonds. The summed E-state index contributed by atoms with van der Waals surface area (Å²) in [5.41, 5.74) is 1.19. The highest BCUT2D eigenvalue weighted by Gasteiger charge is 2.11. The van der Waals surface area contributed by atoms with E-state index in [1.165, 1.54) is 6.07 Å². The van der Waals surface area contributed by atoms with Crippen LogP contribution in [0.5, 0.6) is 0 Å². The van der Waals surface area contributed by atoms with Gasteiger partial charge in [0.05, 0.1) is 6.10 Å². The number of aliphatic hydroxyl groups is 1. The summed E-state index contributed by atoms with van der Waals surface area (Å²) < 4.78 is 14.4. The number of hydrogen-bond acceptors (Lipinski definition) is 2. The smallest absolute Gasteiger partial charge is 0.129 e. The van der Waals surface area contributed by atoms with E-state index in [9.17, 15) is 9.50 Å². The summed E-state index contributed by atoms with van der Waals surface area (Å²) in [6.07, 6.45) is -0.866. The fourth-order valence-electron chi connectivity index (χ4n) is 1.64. The van der Waals surface area contributed by atoms with Crippen LogP contribution in [0.3, 0.4) is 0 Å². The van der Waals surface area contributed by atoms with Crippen molar-refractivity contribution in [1.82, 2.24) is 0 Å². The van der Waals surface area contributed by atoms with Gasteiger partial charge in [0.15, 0.2) is 0 Å². The van der Waals surface area contributed by atoms with Gasteiger partial charge in [0.25, 0.3) is 0 Å². The van der Waals surface area contributed by atoms with Crippen LogP contribution < -0.4 is 5.32 Å². The minimum atomic E-state index is -0.866. The van der Waals surface area contributed by atoms with E-state index in [1.54, 1.807) is 18.2 Å². The van der Waals surface area contributed by atoms with E-state index >= 15 is 0 Å². The highest BCUT2D eigenvalue weighted by atomic mass is 79.9. The van der Waals surface area contributed by atoms with E-state index in [4.69, 9.17) is 0 Å². The molecule has 0 spiro atoms. The van der Waals surface area contributed by atoms with E-state index in [0.29, 0.717) is 5.56 Å². The van der Waals surface area contributed by atoms with Gasteiger partial charge >= 0.3 is 0 Å². The van der Waals surface area contributed by atoms with Gasteiger partial charge in [-0.05, 0) is 30.3 Å². The molecule has 0 fully saturated rings. The zero-order valence-electron chi connectivity index (χ0n) is 9.61. The molecule has 2 N–H and O–H groups in total. The number of nitrogens with one attached hydrogen (secondary N) is 1. The van der Waals surface area contributed by atoms with Crippen LogP contribution in [-0.2, 0) is 0 Å². The molecule has 0 aliphatic rings. The number of aliphatic hydroxyl groups excluding tert-OH is 1. The molecule has 1 unspecified atom stereocenters. The van der Waals surface area contributed by atoms with E-state index in [2.05, 4.69) is 21.2 Å². The molecule has 94 valence electrons. The number of benzene rings is 2. The van der Waals surface area contributed by atoms with Crippen molar-refractivity contribution in [2.75, 3.05) is 11.9 Å². The summed E-state index contributed by atoms with van der Waals surface area (Å²) in [6.45, 7) is 0.266. The van der Waals surface area contributed by atoms with Crippen molar-refractivity contribution in [3.05, 3.63) is 64.4 Å². The van der Waals surface area contributed by atoms with Crippen molar-refractivity contribution < 1.29 is 9.50 Å². The average Bonchev–Trinajstić information content (AvgIpc) is 2.38. The first-order valence-corrected chi connectivity index (χ1v) is 6.38. The second kappa shape index (κ2) is 5.98. The monoisotopic (exact) mass is 309 g/mol. The van der Waals surface area contributed by atoms with Crippen LogP contribution in [0.15, 0.2) is 53.0 Å². The second-order valence-electron chi connectivity index (χ2n) is 3.93. The number of anilines is 1. The number of rotatable bonds is 4. The molecule has 2 aromatic rings. The number of hydrogen-bond donors (Lipinski definition) is 2. The van der Waals surface area contributed by atoms with Crippen LogP contribution >= 0.6 is 15.9 Å². The molecule has 0 bridgehead atoms. The van der Waals surface area contributed by atoms with Gasteiger partial charge in [-0.15, -0.1) is 0 Å². The Morgan fingerprint density at radius 3 is 2.44 bits per heavy atom. The maximum Gasteiger partial charge on any atom is 0.129 e. The molecule has 0 saturated heterocycles. The van der Waals surface area contributed by atoms with E-state index < -0.39 is 6.10 Å². The highest BCUT2D eigenvalue weighted by Crippen LogP contribution is 2.18. The van der Waals surface area contributed by atoms with Gasteiger partial charge in [-0.2, -0.15) is 0 Å². The van der Waals surface area contributed by atoms with Crippen LogP contribution in [0.4, 0.5) is 10.1 Å². The molecular weight excluding hydrogens is 297 g/mol. The maximum absolute atomic E-state index is 13.4. The van der Waals surface area contributed by atoms with Gasteiger partial charge in [0, 0.05) is 22.3 Å². The normalized spacial score (nSPS) is 12.2. The lowest BCUT2D eigenvalue weighted by Gasteiger charge is -2.13. The third kappa shape index (κ3) is 3.31. The SMILES string of the molecule is OC(CNc1ccc(Br)cc1)c1ccccc1F. The topological polar surface area (TPSA) is 32.3 Å². The minimum Gasteiger partial charge on any atom is -0.386 e. The van der Waals surface area contributed by atoms with E-state index in [-0.39, 0.29) is 12.4 Å². The van der Waals surface area contributed by atoms with Crippen LogP contribution in [0, 0.1) is 5.82 Å². The zero-order chi connectivity index (χ0) is 13.0. The predicted molar refractivity (Wildman–Crippen MR) is 74.0 cm³/mol. The first-order valence-electron chi connectivity index (χ1n) is 5.59. The van der Waals surface area contributed by atoms with Gasteiger partial charge in [-0.3, -0.25) is 0 Å². The van der Waals surface area contributed by atoms with Crippen molar-refractivity contribution in [2.45, 2.75) is 6.10 Å². The lowest BCUT2D eigenvalue weighted by molar-refractivity contribution is 0.186.